The van der Waals surface area contributed by atoms with E-state index in [1.54, 1.807) is 5.48 Å². The monoisotopic (exact) mass is 279 g/mol. The Morgan fingerprint density at radius 1 is 1.19 bits per heavy atom. The van der Waals surface area contributed by atoms with Gasteiger partial charge in [-0.3, -0.25) is 5.21 Å². The van der Waals surface area contributed by atoms with Crippen LogP contribution in [-0.2, 0) is 0 Å². The zero-order chi connectivity index (χ0) is 11.5. The number of benzene rings is 2. The maximum Gasteiger partial charge on any atom is 0.218 e. The number of aliphatic imine (C=N–C) groups is 1. The van der Waals surface area contributed by atoms with Gasteiger partial charge in [0, 0.05) is 4.47 Å². The van der Waals surface area contributed by atoms with Gasteiger partial charge in [-0.05, 0) is 35.0 Å². The Labute approximate surface area is 101 Å². The fourth-order valence-electron chi connectivity index (χ4n) is 1.44. The van der Waals surface area contributed by atoms with E-state index in [0.717, 1.165) is 15.2 Å². The molecule has 0 saturated carbocycles. The number of nitrogens with zero attached hydrogens (tertiary/aromatic N) is 1. The second-order valence-electron chi connectivity index (χ2n) is 3.28. The number of rotatable bonds is 1. The van der Waals surface area contributed by atoms with E-state index in [4.69, 9.17) is 10.9 Å². The Hall–Kier alpha value is -1.59. The fourth-order valence-corrected chi connectivity index (χ4v) is 1.82. The van der Waals surface area contributed by atoms with E-state index in [-0.39, 0.29) is 5.96 Å². The molecule has 0 aromatic heterocycles. The molecule has 0 atom stereocenters. The third-order valence-electron chi connectivity index (χ3n) is 2.15. The molecule has 2 rings (SSSR count). The summed E-state index contributed by atoms with van der Waals surface area (Å²) >= 11 is 3.41. The van der Waals surface area contributed by atoms with E-state index < -0.39 is 0 Å². The van der Waals surface area contributed by atoms with E-state index >= 15 is 0 Å². The summed E-state index contributed by atoms with van der Waals surface area (Å²) in [6, 6.07) is 11.6. The van der Waals surface area contributed by atoms with Crippen LogP contribution < -0.4 is 11.2 Å². The molecule has 16 heavy (non-hydrogen) atoms. The Balaban J connectivity index is 2.48. The molecule has 4 nitrogen and oxygen atoms in total. The van der Waals surface area contributed by atoms with Gasteiger partial charge in [0.1, 0.15) is 0 Å². The molecule has 4 N–H and O–H groups in total. The van der Waals surface area contributed by atoms with Crippen molar-refractivity contribution in [1.29, 1.82) is 0 Å². The van der Waals surface area contributed by atoms with E-state index in [1.165, 1.54) is 0 Å². The molecule has 0 aliphatic heterocycles. The van der Waals surface area contributed by atoms with E-state index in [2.05, 4.69) is 20.9 Å². The van der Waals surface area contributed by atoms with Crippen molar-refractivity contribution in [3.05, 3.63) is 40.9 Å². The minimum absolute atomic E-state index is 0.0311. The molecule has 0 fully saturated rings. The molecular formula is C11H10BrN3O. The maximum absolute atomic E-state index is 8.53. The molecule has 5 heteroatoms. The normalized spacial score (nSPS) is 11.8. The predicted molar refractivity (Wildman–Crippen MR) is 67.9 cm³/mol. The number of fused-ring (bicyclic) bond motifs is 1. The van der Waals surface area contributed by atoms with Crippen LogP contribution in [0.2, 0.25) is 0 Å². The predicted octanol–water partition coefficient (Wildman–Crippen LogP) is 2.53. The molecule has 82 valence electrons. The van der Waals surface area contributed by atoms with Crippen LogP contribution >= 0.6 is 15.9 Å². The highest BCUT2D eigenvalue weighted by atomic mass is 79.9. The molecule has 0 saturated heterocycles. The van der Waals surface area contributed by atoms with Crippen LogP contribution in [0, 0.1) is 0 Å². The van der Waals surface area contributed by atoms with Gasteiger partial charge >= 0.3 is 0 Å². The molecule has 0 radical (unpaired) electrons. The van der Waals surface area contributed by atoms with Crippen molar-refractivity contribution in [1.82, 2.24) is 5.48 Å². The Morgan fingerprint density at radius 2 is 1.88 bits per heavy atom. The van der Waals surface area contributed by atoms with Gasteiger partial charge in [0.15, 0.2) is 0 Å². The Kier molecular flexibility index (Phi) is 3.07. The van der Waals surface area contributed by atoms with Gasteiger partial charge in [-0.15, -0.1) is 0 Å². The fraction of sp³-hybridized carbons (Fsp3) is 0. The first-order valence-corrected chi connectivity index (χ1v) is 5.42. The Bertz CT molecular complexity index is 554. The number of hydrogen-bond donors (Lipinski definition) is 3. The Morgan fingerprint density at radius 3 is 2.62 bits per heavy atom. The molecule has 0 amide bonds. The van der Waals surface area contributed by atoms with Crippen LogP contribution in [0.1, 0.15) is 0 Å². The number of halogens is 1. The minimum Gasteiger partial charge on any atom is -0.368 e. The zero-order valence-corrected chi connectivity index (χ0v) is 9.90. The highest BCUT2D eigenvalue weighted by Crippen LogP contribution is 2.24. The smallest absolute Gasteiger partial charge is 0.218 e. The van der Waals surface area contributed by atoms with Gasteiger partial charge in [0.2, 0.25) is 5.96 Å². The molecule has 0 unspecified atom stereocenters. The molecule has 0 heterocycles. The van der Waals surface area contributed by atoms with Crippen LogP contribution in [0.4, 0.5) is 5.69 Å². The van der Waals surface area contributed by atoms with Crippen LogP contribution in [0.25, 0.3) is 10.8 Å². The molecule has 0 aliphatic carbocycles. The zero-order valence-electron chi connectivity index (χ0n) is 8.31. The van der Waals surface area contributed by atoms with Gasteiger partial charge in [-0.2, -0.15) is 0 Å². The number of hydrogen-bond acceptors (Lipinski definition) is 2. The summed E-state index contributed by atoms with van der Waals surface area (Å²) in [4.78, 5) is 3.97. The first-order valence-electron chi connectivity index (χ1n) is 4.62. The van der Waals surface area contributed by atoms with Gasteiger partial charge in [-0.25, -0.2) is 10.5 Å². The topological polar surface area (TPSA) is 70.6 Å². The van der Waals surface area contributed by atoms with Gasteiger partial charge in [0.25, 0.3) is 0 Å². The average molecular weight is 280 g/mol. The van der Waals surface area contributed by atoms with Crippen LogP contribution in [0.15, 0.2) is 45.9 Å². The van der Waals surface area contributed by atoms with Crippen molar-refractivity contribution >= 4 is 38.3 Å². The highest BCUT2D eigenvalue weighted by molar-refractivity contribution is 9.10. The molecule has 0 spiro atoms. The number of nitrogens with one attached hydrogen (secondary N) is 1. The molecule has 2 aromatic carbocycles. The van der Waals surface area contributed by atoms with Gasteiger partial charge < -0.3 is 5.73 Å². The first-order chi connectivity index (χ1) is 7.69. The molecule has 2 aromatic rings. The maximum atomic E-state index is 8.53. The largest absolute Gasteiger partial charge is 0.368 e. The van der Waals surface area contributed by atoms with Crippen LogP contribution in [0.3, 0.4) is 0 Å². The summed E-state index contributed by atoms with van der Waals surface area (Å²) in [5.41, 5.74) is 7.83. The van der Waals surface area contributed by atoms with Crippen LogP contribution in [0.5, 0.6) is 0 Å². The molecule has 0 aliphatic rings. The lowest BCUT2D eigenvalue weighted by atomic mass is 10.1. The summed E-state index contributed by atoms with van der Waals surface area (Å²) in [5.74, 6) is -0.0311. The molecular weight excluding hydrogens is 270 g/mol. The van der Waals surface area contributed by atoms with E-state index in [1.807, 2.05) is 36.4 Å². The summed E-state index contributed by atoms with van der Waals surface area (Å²) in [7, 11) is 0. The second kappa shape index (κ2) is 4.51. The lowest BCUT2D eigenvalue weighted by molar-refractivity contribution is 0.233. The standard InChI is InChI=1S/C11H10BrN3O/c12-9-3-1-8-6-10(14-11(13)15-16)4-2-7(8)5-9/h1-6,16H,(H3,13,14,15). The third-order valence-corrected chi connectivity index (χ3v) is 2.64. The van der Waals surface area contributed by atoms with E-state index in [9.17, 15) is 0 Å². The van der Waals surface area contributed by atoms with Crippen molar-refractivity contribution in [2.24, 2.45) is 10.7 Å². The highest BCUT2D eigenvalue weighted by Gasteiger charge is 1.97. The summed E-state index contributed by atoms with van der Waals surface area (Å²) in [5, 5.41) is 10.7. The summed E-state index contributed by atoms with van der Waals surface area (Å²) in [6.45, 7) is 0. The minimum atomic E-state index is -0.0311. The number of hydroxylamine groups is 1. The third kappa shape index (κ3) is 2.32. The summed E-state index contributed by atoms with van der Waals surface area (Å²) in [6.07, 6.45) is 0. The van der Waals surface area contributed by atoms with Crippen molar-refractivity contribution in [3.63, 3.8) is 0 Å². The number of guanidine groups is 1. The van der Waals surface area contributed by atoms with Crippen molar-refractivity contribution in [3.8, 4) is 0 Å². The van der Waals surface area contributed by atoms with Gasteiger partial charge in [0.05, 0.1) is 5.69 Å². The summed E-state index contributed by atoms with van der Waals surface area (Å²) < 4.78 is 1.03. The SMILES string of the molecule is NC(=Nc1ccc2cc(Br)ccc2c1)NO. The lowest BCUT2D eigenvalue weighted by Gasteiger charge is -2.01. The van der Waals surface area contributed by atoms with Crippen molar-refractivity contribution in [2.45, 2.75) is 0 Å². The van der Waals surface area contributed by atoms with Crippen LogP contribution in [-0.4, -0.2) is 11.2 Å². The number of nitrogens with two attached hydrogens (primary N) is 1. The average Bonchev–Trinajstić information content (AvgIpc) is 2.29. The lowest BCUT2D eigenvalue weighted by Crippen LogP contribution is -2.27. The molecule has 0 bridgehead atoms. The van der Waals surface area contributed by atoms with Crippen molar-refractivity contribution in [2.75, 3.05) is 0 Å². The second-order valence-corrected chi connectivity index (χ2v) is 4.20. The van der Waals surface area contributed by atoms with E-state index in [0.29, 0.717) is 5.69 Å². The van der Waals surface area contributed by atoms with Gasteiger partial charge in [-0.1, -0.05) is 28.1 Å². The first kappa shape index (κ1) is 10.9. The quantitative estimate of drug-likeness (QED) is 0.427. The van der Waals surface area contributed by atoms with Crippen molar-refractivity contribution < 1.29 is 5.21 Å².